The van der Waals surface area contributed by atoms with E-state index in [4.69, 9.17) is 5.73 Å². The topological polar surface area (TPSA) is 55.9 Å². The lowest BCUT2D eigenvalue weighted by Crippen LogP contribution is -2.09. The van der Waals surface area contributed by atoms with Crippen LogP contribution in [-0.2, 0) is 19.5 Å². The van der Waals surface area contributed by atoms with Crippen molar-refractivity contribution in [1.82, 2.24) is 9.78 Å². The molecule has 0 amide bonds. The number of anilines is 2. The van der Waals surface area contributed by atoms with Crippen LogP contribution in [0.5, 0.6) is 0 Å². The van der Waals surface area contributed by atoms with E-state index in [0.29, 0.717) is 0 Å². The van der Waals surface area contributed by atoms with Crippen LogP contribution >= 0.6 is 0 Å². The third kappa shape index (κ3) is 3.13. The highest BCUT2D eigenvalue weighted by Gasteiger charge is 2.11. The number of rotatable bonds is 6. The summed E-state index contributed by atoms with van der Waals surface area (Å²) in [5, 5.41) is 7.89. The van der Waals surface area contributed by atoms with Crippen LogP contribution in [0.3, 0.4) is 0 Å². The second-order valence-electron chi connectivity index (χ2n) is 5.09. The third-order valence-corrected chi connectivity index (χ3v) is 3.50. The minimum atomic E-state index is 0.753. The van der Waals surface area contributed by atoms with Gasteiger partial charge in [0.05, 0.1) is 11.4 Å². The average molecular weight is 272 g/mol. The Balaban J connectivity index is 2.09. The number of hydrogen-bond acceptors (Lipinski definition) is 3. The van der Waals surface area contributed by atoms with Crippen molar-refractivity contribution in [3.8, 4) is 0 Å². The van der Waals surface area contributed by atoms with Crippen LogP contribution in [0.25, 0.3) is 0 Å². The summed E-state index contributed by atoms with van der Waals surface area (Å²) in [5.41, 5.74) is 10.4. The van der Waals surface area contributed by atoms with Crippen molar-refractivity contribution >= 4 is 11.5 Å². The van der Waals surface area contributed by atoms with E-state index >= 15 is 0 Å². The normalized spacial score (nSPS) is 10.8. The van der Waals surface area contributed by atoms with E-state index in [1.54, 1.807) is 0 Å². The first-order valence-corrected chi connectivity index (χ1v) is 7.30. The molecule has 0 unspecified atom stereocenters. The monoisotopic (exact) mass is 272 g/mol. The van der Waals surface area contributed by atoms with Crippen LogP contribution in [0, 0.1) is 6.92 Å². The highest BCUT2D eigenvalue weighted by Crippen LogP contribution is 2.23. The summed E-state index contributed by atoms with van der Waals surface area (Å²) in [5.74, 6) is 0.934. The zero-order valence-corrected chi connectivity index (χ0v) is 12.6. The fourth-order valence-electron chi connectivity index (χ4n) is 2.23. The first-order valence-electron chi connectivity index (χ1n) is 7.30. The molecule has 1 heterocycles. The molecule has 0 spiro atoms. The highest BCUT2D eigenvalue weighted by molar-refractivity contribution is 5.64. The summed E-state index contributed by atoms with van der Waals surface area (Å²) in [6.07, 6.45) is 2.11. The molecule has 0 radical (unpaired) electrons. The van der Waals surface area contributed by atoms with Gasteiger partial charge in [-0.1, -0.05) is 38.1 Å². The Hall–Kier alpha value is -1.97. The molecule has 2 rings (SSSR count). The summed E-state index contributed by atoms with van der Waals surface area (Å²) in [6, 6.07) is 8.68. The molecule has 0 saturated carbocycles. The van der Waals surface area contributed by atoms with Gasteiger partial charge in [-0.15, -0.1) is 0 Å². The Labute approximate surface area is 121 Å². The molecule has 0 saturated heterocycles. The SMILES string of the molecule is CCCn1nc(C)c(N)c1NCc1ccc(CC)cc1. The molecule has 4 nitrogen and oxygen atoms in total. The van der Waals surface area contributed by atoms with Crippen LogP contribution in [0.2, 0.25) is 0 Å². The number of hydrogen-bond donors (Lipinski definition) is 2. The van der Waals surface area contributed by atoms with Gasteiger partial charge < -0.3 is 11.1 Å². The molecule has 1 aromatic heterocycles. The standard InChI is InChI=1S/C16H24N4/c1-4-10-20-16(15(17)12(3)19-20)18-11-14-8-6-13(5-2)7-9-14/h6-9,18H,4-5,10-11,17H2,1-3H3. The van der Waals surface area contributed by atoms with Crippen LogP contribution in [0.1, 0.15) is 37.1 Å². The molecule has 20 heavy (non-hydrogen) atoms. The van der Waals surface area contributed by atoms with Crippen LogP contribution in [-0.4, -0.2) is 9.78 Å². The number of benzene rings is 1. The first-order chi connectivity index (χ1) is 9.65. The molecule has 2 aromatic rings. The Bertz CT molecular complexity index is 555. The summed E-state index contributed by atoms with van der Waals surface area (Å²) in [4.78, 5) is 0. The predicted octanol–water partition coefficient (Wildman–Crippen LogP) is 3.36. The predicted molar refractivity (Wildman–Crippen MR) is 84.8 cm³/mol. The van der Waals surface area contributed by atoms with E-state index in [-0.39, 0.29) is 0 Å². The van der Waals surface area contributed by atoms with Crippen LogP contribution < -0.4 is 11.1 Å². The molecular formula is C16H24N4. The minimum absolute atomic E-state index is 0.753. The highest BCUT2D eigenvalue weighted by atomic mass is 15.3. The second kappa shape index (κ2) is 6.46. The third-order valence-electron chi connectivity index (χ3n) is 3.50. The van der Waals surface area contributed by atoms with E-state index in [0.717, 1.165) is 43.1 Å². The summed E-state index contributed by atoms with van der Waals surface area (Å²) in [7, 11) is 0. The van der Waals surface area contributed by atoms with Crippen molar-refractivity contribution in [3.05, 3.63) is 41.1 Å². The van der Waals surface area contributed by atoms with Gasteiger partial charge in [-0.05, 0) is 30.9 Å². The average Bonchev–Trinajstić information content (AvgIpc) is 2.73. The van der Waals surface area contributed by atoms with E-state index in [1.807, 2.05) is 11.6 Å². The fourth-order valence-corrected chi connectivity index (χ4v) is 2.23. The number of nitrogens with one attached hydrogen (secondary N) is 1. The van der Waals surface area contributed by atoms with Crippen molar-refractivity contribution in [3.63, 3.8) is 0 Å². The smallest absolute Gasteiger partial charge is 0.148 e. The Morgan fingerprint density at radius 2 is 1.80 bits per heavy atom. The summed E-state index contributed by atoms with van der Waals surface area (Å²) < 4.78 is 1.96. The zero-order valence-electron chi connectivity index (χ0n) is 12.6. The van der Waals surface area contributed by atoms with E-state index < -0.39 is 0 Å². The van der Waals surface area contributed by atoms with E-state index in [9.17, 15) is 0 Å². The maximum Gasteiger partial charge on any atom is 0.148 e. The molecule has 0 aliphatic rings. The first kappa shape index (κ1) is 14.4. The van der Waals surface area contributed by atoms with Gasteiger partial charge in [0.15, 0.2) is 0 Å². The lowest BCUT2D eigenvalue weighted by atomic mass is 10.1. The van der Waals surface area contributed by atoms with Crippen molar-refractivity contribution in [2.24, 2.45) is 0 Å². The minimum Gasteiger partial charge on any atom is -0.394 e. The summed E-state index contributed by atoms with van der Waals surface area (Å²) in [6.45, 7) is 7.90. The maximum absolute atomic E-state index is 6.10. The van der Waals surface area contributed by atoms with Crippen LogP contribution in [0.15, 0.2) is 24.3 Å². The van der Waals surface area contributed by atoms with Gasteiger partial charge in [-0.3, -0.25) is 0 Å². The number of aryl methyl sites for hydroxylation is 3. The molecule has 0 bridgehead atoms. The van der Waals surface area contributed by atoms with Crippen molar-refractivity contribution in [1.29, 1.82) is 0 Å². The fraction of sp³-hybridized carbons (Fsp3) is 0.438. The number of aromatic nitrogens is 2. The molecule has 0 atom stereocenters. The lowest BCUT2D eigenvalue weighted by molar-refractivity contribution is 0.603. The van der Waals surface area contributed by atoms with E-state index in [1.165, 1.54) is 11.1 Å². The van der Waals surface area contributed by atoms with Gasteiger partial charge in [0.2, 0.25) is 0 Å². The Morgan fingerprint density at radius 1 is 1.15 bits per heavy atom. The van der Waals surface area contributed by atoms with E-state index in [2.05, 4.69) is 48.5 Å². The Kier molecular flexibility index (Phi) is 4.66. The largest absolute Gasteiger partial charge is 0.394 e. The number of nitrogens with zero attached hydrogens (tertiary/aromatic N) is 2. The van der Waals surface area contributed by atoms with Crippen LogP contribution in [0.4, 0.5) is 11.5 Å². The summed E-state index contributed by atoms with van der Waals surface area (Å²) >= 11 is 0. The molecule has 4 heteroatoms. The van der Waals surface area contributed by atoms with Crippen molar-refractivity contribution in [2.45, 2.75) is 46.7 Å². The maximum atomic E-state index is 6.10. The molecule has 0 aliphatic carbocycles. The molecule has 0 aliphatic heterocycles. The zero-order chi connectivity index (χ0) is 14.5. The molecule has 108 valence electrons. The van der Waals surface area contributed by atoms with Gasteiger partial charge in [0.25, 0.3) is 0 Å². The van der Waals surface area contributed by atoms with Gasteiger partial charge in [-0.2, -0.15) is 5.10 Å². The lowest BCUT2D eigenvalue weighted by Gasteiger charge is -2.10. The van der Waals surface area contributed by atoms with Gasteiger partial charge in [0.1, 0.15) is 5.82 Å². The molecule has 3 N–H and O–H groups in total. The Morgan fingerprint density at radius 3 is 2.40 bits per heavy atom. The number of nitrogens with two attached hydrogens (primary N) is 1. The number of nitrogen functional groups attached to an aromatic ring is 1. The van der Waals surface area contributed by atoms with Crippen molar-refractivity contribution in [2.75, 3.05) is 11.1 Å². The van der Waals surface area contributed by atoms with Gasteiger partial charge in [-0.25, -0.2) is 4.68 Å². The quantitative estimate of drug-likeness (QED) is 0.847. The van der Waals surface area contributed by atoms with Gasteiger partial charge in [0, 0.05) is 13.1 Å². The van der Waals surface area contributed by atoms with Gasteiger partial charge >= 0.3 is 0 Å². The molecule has 1 aromatic carbocycles. The molecule has 0 fully saturated rings. The van der Waals surface area contributed by atoms with Crippen molar-refractivity contribution < 1.29 is 0 Å². The molecular weight excluding hydrogens is 248 g/mol. The second-order valence-corrected chi connectivity index (χ2v) is 5.09.